The minimum absolute atomic E-state index is 0.0421. The summed E-state index contributed by atoms with van der Waals surface area (Å²) >= 11 is 0. The summed E-state index contributed by atoms with van der Waals surface area (Å²) in [5.41, 5.74) is 6.54. The Hall–Kier alpha value is -3.42. The zero-order valence-corrected chi connectivity index (χ0v) is 14.9. The predicted octanol–water partition coefficient (Wildman–Crippen LogP) is 2.20. The van der Waals surface area contributed by atoms with Crippen LogP contribution in [0, 0.1) is 0 Å². The van der Waals surface area contributed by atoms with Crippen molar-refractivity contribution in [2.75, 3.05) is 28.4 Å². The predicted molar refractivity (Wildman–Crippen MR) is 95.2 cm³/mol. The van der Waals surface area contributed by atoms with Crippen molar-refractivity contribution in [2.45, 2.75) is 0 Å². The number of hydrogen-bond donors (Lipinski definition) is 1. The molecule has 0 radical (unpaired) electrons. The Bertz CT molecular complexity index is 802. The molecule has 0 amide bonds. The van der Waals surface area contributed by atoms with Gasteiger partial charge in [-0.2, -0.15) is 0 Å². The molecule has 2 aromatic rings. The second-order valence-electron chi connectivity index (χ2n) is 4.99. The van der Waals surface area contributed by atoms with E-state index in [9.17, 15) is 4.79 Å². The minimum atomic E-state index is -0.751. The Morgan fingerprint density at radius 1 is 0.846 bits per heavy atom. The van der Waals surface area contributed by atoms with Gasteiger partial charge in [0.15, 0.2) is 17.3 Å². The molecule has 0 aliphatic carbocycles. The van der Waals surface area contributed by atoms with Crippen LogP contribution in [0.4, 0.5) is 0 Å². The Balaban J connectivity index is 2.23. The van der Waals surface area contributed by atoms with E-state index in [1.54, 1.807) is 31.4 Å². The standard InChI is InChI=1S/C18H20N2O6/c1-22-12-7-5-11(6-8-12)17(19)20-26-18(21)13-9-15(24-3)16(25-4)10-14(13)23-2/h5-10H,1-4H3,(H2,19,20). The fourth-order valence-electron chi connectivity index (χ4n) is 2.14. The van der Waals surface area contributed by atoms with Crippen molar-refractivity contribution in [3.8, 4) is 23.0 Å². The lowest BCUT2D eigenvalue weighted by Gasteiger charge is -2.12. The van der Waals surface area contributed by atoms with Crippen LogP contribution in [0.3, 0.4) is 0 Å². The molecule has 2 aromatic carbocycles. The summed E-state index contributed by atoms with van der Waals surface area (Å²) in [6, 6.07) is 9.80. The number of carbonyl (C=O) groups is 1. The molecule has 0 unspecified atom stereocenters. The number of carbonyl (C=O) groups excluding carboxylic acids is 1. The first-order valence-corrected chi connectivity index (χ1v) is 7.53. The molecule has 0 atom stereocenters. The summed E-state index contributed by atoms with van der Waals surface area (Å²) < 4.78 is 20.6. The smallest absolute Gasteiger partial charge is 0.369 e. The lowest BCUT2D eigenvalue weighted by molar-refractivity contribution is 0.0512. The fourth-order valence-corrected chi connectivity index (χ4v) is 2.14. The third kappa shape index (κ3) is 4.15. The van der Waals surface area contributed by atoms with Gasteiger partial charge in [-0.05, 0) is 24.3 Å². The van der Waals surface area contributed by atoms with E-state index >= 15 is 0 Å². The average molecular weight is 360 g/mol. The van der Waals surface area contributed by atoms with E-state index in [0.717, 1.165) is 0 Å². The van der Waals surface area contributed by atoms with Gasteiger partial charge in [-0.15, -0.1) is 0 Å². The first-order chi connectivity index (χ1) is 12.5. The SMILES string of the molecule is COc1ccc(/C(N)=N\OC(=O)c2cc(OC)c(OC)cc2OC)cc1. The lowest BCUT2D eigenvalue weighted by Crippen LogP contribution is -2.15. The molecule has 138 valence electrons. The third-order valence-corrected chi connectivity index (χ3v) is 3.54. The number of hydrogen-bond acceptors (Lipinski definition) is 7. The molecule has 2 N–H and O–H groups in total. The van der Waals surface area contributed by atoms with Gasteiger partial charge in [0.1, 0.15) is 17.1 Å². The number of rotatable bonds is 7. The van der Waals surface area contributed by atoms with Crippen molar-refractivity contribution < 1.29 is 28.6 Å². The molecule has 0 aliphatic heterocycles. The molecule has 0 bridgehead atoms. The number of ether oxygens (including phenoxy) is 4. The van der Waals surface area contributed by atoms with Gasteiger partial charge in [-0.1, -0.05) is 5.16 Å². The number of benzene rings is 2. The normalized spacial score (nSPS) is 10.8. The van der Waals surface area contributed by atoms with E-state index in [1.165, 1.54) is 33.5 Å². The van der Waals surface area contributed by atoms with Crippen LogP contribution in [0.5, 0.6) is 23.0 Å². The summed E-state index contributed by atoms with van der Waals surface area (Å²) in [5.74, 6) is 0.994. The Morgan fingerprint density at radius 2 is 1.42 bits per heavy atom. The number of oxime groups is 1. The van der Waals surface area contributed by atoms with Gasteiger partial charge in [0, 0.05) is 17.7 Å². The molecule has 0 saturated carbocycles. The molecule has 8 nitrogen and oxygen atoms in total. The second kappa shape index (κ2) is 8.61. The summed E-state index contributed by atoms with van der Waals surface area (Å²) in [5, 5.41) is 3.68. The molecule has 8 heteroatoms. The Kier molecular flexibility index (Phi) is 6.26. The molecule has 2 rings (SSSR count). The Labute approximate surface area is 151 Å². The Morgan fingerprint density at radius 3 is 1.96 bits per heavy atom. The van der Waals surface area contributed by atoms with Crippen molar-refractivity contribution in [2.24, 2.45) is 10.9 Å². The highest BCUT2D eigenvalue weighted by Gasteiger charge is 2.19. The van der Waals surface area contributed by atoms with Gasteiger partial charge in [0.25, 0.3) is 0 Å². The molecular weight excluding hydrogens is 340 g/mol. The van der Waals surface area contributed by atoms with Crippen LogP contribution in [0.1, 0.15) is 15.9 Å². The van der Waals surface area contributed by atoms with Gasteiger partial charge < -0.3 is 29.5 Å². The summed E-state index contributed by atoms with van der Waals surface area (Å²) in [7, 11) is 5.92. The molecule has 0 spiro atoms. The molecule has 0 fully saturated rings. The van der Waals surface area contributed by atoms with Crippen LogP contribution in [0.25, 0.3) is 0 Å². The van der Waals surface area contributed by atoms with E-state index in [0.29, 0.717) is 22.8 Å². The zero-order chi connectivity index (χ0) is 19.1. The molecule has 0 saturated heterocycles. The zero-order valence-electron chi connectivity index (χ0n) is 14.9. The third-order valence-electron chi connectivity index (χ3n) is 3.54. The number of nitrogens with zero attached hydrogens (tertiary/aromatic N) is 1. The van der Waals surface area contributed by atoms with Gasteiger partial charge in [0.05, 0.1) is 28.4 Å². The van der Waals surface area contributed by atoms with Gasteiger partial charge >= 0.3 is 5.97 Å². The van der Waals surface area contributed by atoms with E-state index in [4.69, 9.17) is 29.5 Å². The monoisotopic (exact) mass is 360 g/mol. The van der Waals surface area contributed by atoms with E-state index in [2.05, 4.69) is 5.16 Å². The van der Waals surface area contributed by atoms with Crippen LogP contribution in [-0.2, 0) is 4.84 Å². The number of nitrogens with two attached hydrogens (primary N) is 1. The first-order valence-electron chi connectivity index (χ1n) is 7.53. The number of amidine groups is 1. The van der Waals surface area contributed by atoms with E-state index in [-0.39, 0.29) is 17.1 Å². The minimum Gasteiger partial charge on any atom is -0.497 e. The van der Waals surface area contributed by atoms with E-state index < -0.39 is 5.97 Å². The van der Waals surface area contributed by atoms with Crippen LogP contribution < -0.4 is 24.7 Å². The van der Waals surface area contributed by atoms with Crippen molar-refractivity contribution in [1.29, 1.82) is 0 Å². The maximum atomic E-state index is 12.3. The van der Waals surface area contributed by atoms with Crippen LogP contribution in [0.2, 0.25) is 0 Å². The highest BCUT2D eigenvalue weighted by atomic mass is 16.7. The average Bonchev–Trinajstić information content (AvgIpc) is 2.70. The fraction of sp³-hybridized carbons (Fsp3) is 0.222. The summed E-state index contributed by atoms with van der Waals surface area (Å²) in [6.45, 7) is 0. The first kappa shape index (κ1) is 18.9. The van der Waals surface area contributed by atoms with Crippen molar-refractivity contribution >= 4 is 11.8 Å². The molecule has 26 heavy (non-hydrogen) atoms. The van der Waals surface area contributed by atoms with Crippen molar-refractivity contribution in [1.82, 2.24) is 0 Å². The van der Waals surface area contributed by atoms with Gasteiger partial charge in [0.2, 0.25) is 0 Å². The van der Waals surface area contributed by atoms with Crippen LogP contribution >= 0.6 is 0 Å². The maximum Gasteiger partial charge on any atom is 0.369 e. The quantitative estimate of drug-likeness (QED) is 0.349. The topological polar surface area (TPSA) is 102 Å². The van der Waals surface area contributed by atoms with Crippen LogP contribution in [-0.4, -0.2) is 40.2 Å². The highest BCUT2D eigenvalue weighted by molar-refractivity contribution is 5.98. The summed E-state index contributed by atoms with van der Waals surface area (Å²) in [6.07, 6.45) is 0. The molecule has 0 heterocycles. The van der Waals surface area contributed by atoms with Gasteiger partial charge in [-0.25, -0.2) is 4.79 Å². The molecule has 0 aliphatic rings. The largest absolute Gasteiger partial charge is 0.497 e. The molecule has 0 aromatic heterocycles. The lowest BCUT2D eigenvalue weighted by atomic mass is 10.1. The maximum absolute atomic E-state index is 12.3. The van der Waals surface area contributed by atoms with Crippen molar-refractivity contribution in [3.05, 3.63) is 47.5 Å². The van der Waals surface area contributed by atoms with Crippen molar-refractivity contribution in [3.63, 3.8) is 0 Å². The van der Waals surface area contributed by atoms with Gasteiger partial charge in [-0.3, -0.25) is 0 Å². The van der Waals surface area contributed by atoms with Crippen LogP contribution in [0.15, 0.2) is 41.6 Å². The van der Waals surface area contributed by atoms with E-state index in [1.807, 2.05) is 0 Å². The molecular formula is C18H20N2O6. The highest BCUT2D eigenvalue weighted by Crippen LogP contribution is 2.34. The number of methoxy groups -OCH3 is 4. The summed E-state index contributed by atoms with van der Waals surface area (Å²) in [4.78, 5) is 17.3. The second-order valence-corrected chi connectivity index (χ2v) is 4.99.